The van der Waals surface area contributed by atoms with Gasteiger partial charge in [-0.3, -0.25) is 10.1 Å². The van der Waals surface area contributed by atoms with Crippen molar-refractivity contribution in [2.75, 3.05) is 6.61 Å². The molecule has 0 bridgehead atoms. The van der Waals surface area contributed by atoms with E-state index >= 15 is 0 Å². The summed E-state index contributed by atoms with van der Waals surface area (Å²) in [5, 5.41) is 28.8. The summed E-state index contributed by atoms with van der Waals surface area (Å²) in [6.45, 7) is 1.60. The average molecular weight is 227 g/mol. The van der Waals surface area contributed by atoms with E-state index in [9.17, 15) is 14.9 Å². The zero-order valence-corrected chi connectivity index (χ0v) is 8.34. The van der Waals surface area contributed by atoms with E-state index in [4.69, 9.17) is 10.2 Å². The van der Waals surface area contributed by atoms with Crippen molar-refractivity contribution in [2.45, 2.75) is 6.92 Å². The van der Waals surface area contributed by atoms with Crippen LogP contribution >= 0.6 is 0 Å². The van der Waals surface area contributed by atoms with Crippen LogP contribution in [0.5, 0.6) is 11.5 Å². The van der Waals surface area contributed by atoms with Crippen LogP contribution in [0.25, 0.3) is 0 Å². The minimum atomic E-state index is -0.926. The minimum Gasteiger partial charge on any atom is -0.504 e. The lowest BCUT2D eigenvalue weighted by Crippen LogP contribution is -2.07. The summed E-state index contributed by atoms with van der Waals surface area (Å²) in [6, 6.07) is 1.49. The summed E-state index contributed by atoms with van der Waals surface area (Å²) < 4.78 is 4.58. The van der Waals surface area contributed by atoms with E-state index < -0.39 is 33.6 Å². The van der Waals surface area contributed by atoms with Gasteiger partial charge in [0.05, 0.1) is 17.6 Å². The number of nitro groups is 1. The molecule has 0 aliphatic rings. The van der Waals surface area contributed by atoms with Gasteiger partial charge in [-0.1, -0.05) is 0 Å². The van der Waals surface area contributed by atoms with Gasteiger partial charge in [-0.15, -0.1) is 0 Å². The van der Waals surface area contributed by atoms with E-state index in [1.54, 1.807) is 6.92 Å². The summed E-state index contributed by atoms with van der Waals surface area (Å²) >= 11 is 0. The lowest BCUT2D eigenvalue weighted by Gasteiger charge is -2.04. The molecule has 0 radical (unpaired) electrons. The number of nitrogens with zero attached hydrogens (tertiary/aromatic N) is 1. The predicted molar refractivity (Wildman–Crippen MR) is 52.4 cm³/mol. The molecule has 0 fully saturated rings. The topological polar surface area (TPSA) is 110 Å². The number of nitro benzene ring substituents is 1. The highest BCUT2D eigenvalue weighted by atomic mass is 16.6. The first-order chi connectivity index (χ1) is 7.47. The summed E-state index contributed by atoms with van der Waals surface area (Å²) in [4.78, 5) is 21.1. The largest absolute Gasteiger partial charge is 0.504 e. The molecule has 0 heterocycles. The highest BCUT2D eigenvalue weighted by Gasteiger charge is 2.24. The van der Waals surface area contributed by atoms with Gasteiger partial charge < -0.3 is 14.9 Å². The number of aromatic hydroxyl groups is 2. The Kier molecular flexibility index (Phi) is 3.29. The number of hydrogen-bond donors (Lipinski definition) is 2. The Morgan fingerprint density at radius 1 is 1.44 bits per heavy atom. The molecule has 1 aromatic carbocycles. The van der Waals surface area contributed by atoms with Crippen LogP contribution in [0, 0.1) is 10.1 Å². The van der Waals surface area contributed by atoms with Crippen molar-refractivity contribution in [1.82, 2.24) is 0 Å². The SMILES string of the molecule is CCOC(=O)c1cc(O)c(O)cc1[N+](=O)[O-]. The highest BCUT2D eigenvalue weighted by molar-refractivity contribution is 5.94. The number of phenols is 2. The van der Waals surface area contributed by atoms with E-state index in [-0.39, 0.29) is 6.61 Å². The first-order valence-electron chi connectivity index (χ1n) is 4.34. The van der Waals surface area contributed by atoms with Gasteiger partial charge in [-0.05, 0) is 6.92 Å². The lowest BCUT2D eigenvalue weighted by atomic mass is 10.1. The standard InChI is InChI=1S/C9H9NO6/c1-2-16-9(13)5-3-7(11)8(12)4-6(5)10(14)15/h3-4,11-12H,2H2,1H3. The molecule has 1 aromatic rings. The smallest absolute Gasteiger partial charge is 0.345 e. The molecule has 0 aliphatic carbocycles. The number of rotatable bonds is 3. The molecule has 0 atom stereocenters. The van der Waals surface area contributed by atoms with Crippen molar-refractivity contribution in [3.63, 3.8) is 0 Å². The van der Waals surface area contributed by atoms with E-state index in [1.807, 2.05) is 0 Å². The molecule has 0 unspecified atom stereocenters. The van der Waals surface area contributed by atoms with Crippen molar-refractivity contribution in [2.24, 2.45) is 0 Å². The second-order valence-corrected chi connectivity index (χ2v) is 2.84. The maximum Gasteiger partial charge on any atom is 0.345 e. The van der Waals surface area contributed by atoms with Crippen LogP contribution in [0.1, 0.15) is 17.3 Å². The number of phenolic OH excluding ortho intramolecular Hbond substituents is 2. The molecule has 0 aromatic heterocycles. The van der Waals surface area contributed by atoms with Crippen LogP contribution in [-0.4, -0.2) is 27.7 Å². The van der Waals surface area contributed by atoms with Crippen molar-refractivity contribution in [3.8, 4) is 11.5 Å². The quantitative estimate of drug-likeness (QED) is 0.347. The molecule has 0 spiro atoms. The first kappa shape index (κ1) is 11.8. The monoisotopic (exact) mass is 227 g/mol. The summed E-state index contributed by atoms with van der Waals surface area (Å²) in [6.07, 6.45) is 0. The van der Waals surface area contributed by atoms with Crippen LogP contribution in [0.3, 0.4) is 0 Å². The van der Waals surface area contributed by atoms with Gasteiger partial charge >= 0.3 is 5.97 Å². The normalized spacial score (nSPS) is 9.81. The molecule has 7 heteroatoms. The zero-order chi connectivity index (χ0) is 12.3. The minimum absolute atomic E-state index is 0.0532. The molecule has 1 rings (SSSR count). The zero-order valence-electron chi connectivity index (χ0n) is 8.34. The molecule has 0 saturated heterocycles. The fourth-order valence-electron chi connectivity index (χ4n) is 1.09. The predicted octanol–water partition coefficient (Wildman–Crippen LogP) is 1.18. The maximum atomic E-state index is 11.3. The van der Waals surface area contributed by atoms with Crippen LogP contribution in [0.2, 0.25) is 0 Å². The number of carbonyl (C=O) groups is 1. The fraction of sp³-hybridized carbons (Fsp3) is 0.222. The third-order valence-corrected chi connectivity index (χ3v) is 1.78. The fourth-order valence-corrected chi connectivity index (χ4v) is 1.09. The van der Waals surface area contributed by atoms with Gasteiger partial charge in [0.2, 0.25) is 0 Å². The first-order valence-corrected chi connectivity index (χ1v) is 4.34. The molecule has 86 valence electrons. The molecule has 0 aliphatic heterocycles. The number of benzene rings is 1. The summed E-state index contributed by atoms with van der Waals surface area (Å²) in [7, 11) is 0. The second-order valence-electron chi connectivity index (χ2n) is 2.84. The third-order valence-electron chi connectivity index (χ3n) is 1.78. The van der Waals surface area contributed by atoms with Gasteiger partial charge in [0.1, 0.15) is 5.56 Å². The van der Waals surface area contributed by atoms with Crippen molar-refractivity contribution >= 4 is 11.7 Å². The summed E-state index contributed by atoms with van der Waals surface area (Å²) in [5.74, 6) is -2.21. The number of hydrogen-bond acceptors (Lipinski definition) is 6. The molecule has 0 amide bonds. The van der Waals surface area contributed by atoms with Crippen molar-refractivity contribution < 1.29 is 24.7 Å². The Balaban J connectivity index is 3.30. The van der Waals surface area contributed by atoms with Gasteiger partial charge in [-0.25, -0.2) is 4.79 Å². The van der Waals surface area contributed by atoms with E-state index in [0.29, 0.717) is 6.07 Å². The van der Waals surface area contributed by atoms with Gasteiger partial charge in [0, 0.05) is 6.07 Å². The van der Waals surface area contributed by atoms with Gasteiger partial charge in [-0.2, -0.15) is 0 Å². The third kappa shape index (κ3) is 2.19. The maximum absolute atomic E-state index is 11.3. The Hall–Kier alpha value is -2.31. The van der Waals surface area contributed by atoms with Gasteiger partial charge in [0.15, 0.2) is 11.5 Å². The Bertz CT molecular complexity index is 442. The van der Waals surface area contributed by atoms with E-state index in [0.717, 1.165) is 6.07 Å². The molecular weight excluding hydrogens is 218 g/mol. The molecule has 2 N–H and O–H groups in total. The Morgan fingerprint density at radius 2 is 2.00 bits per heavy atom. The van der Waals surface area contributed by atoms with Crippen LogP contribution in [-0.2, 0) is 4.74 Å². The molecule has 0 saturated carbocycles. The van der Waals surface area contributed by atoms with E-state index in [1.165, 1.54) is 0 Å². The van der Waals surface area contributed by atoms with Crippen LogP contribution < -0.4 is 0 Å². The molecular formula is C9H9NO6. The van der Waals surface area contributed by atoms with Gasteiger partial charge in [0.25, 0.3) is 5.69 Å². The van der Waals surface area contributed by atoms with E-state index in [2.05, 4.69) is 4.74 Å². The van der Waals surface area contributed by atoms with Crippen molar-refractivity contribution in [1.29, 1.82) is 0 Å². The molecule has 16 heavy (non-hydrogen) atoms. The second kappa shape index (κ2) is 4.47. The molecule has 7 nitrogen and oxygen atoms in total. The lowest BCUT2D eigenvalue weighted by molar-refractivity contribution is -0.385. The Labute approximate surface area is 90.0 Å². The van der Waals surface area contributed by atoms with Crippen molar-refractivity contribution in [3.05, 3.63) is 27.8 Å². The Morgan fingerprint density at radius 3 is 2.50 bits per heavy atom. The average Bonchev–Trinajstić information content (AvgIpc) is 2.21. The van der Waals surface area contributed by atoms with Crippen LogP contribution in [0.4, 0.5) is 5.69 Å². The highest BCUT2D eigenvalue weighted by Crippen LogP contribution is 2.32. The van der Waals surface area contributed by atoms with Crippen LogP contribution in [0.15, 0.2) is 12.1 Å². The number of carbonyl (C=O) groups excluding carboxylic acids is 1. The summed E-state index contributed by atoms with van der Waals surface area (Å²) in [5.41, 5.74) is -1.02. The number of ether oxygens (including phenoxy) is 1. The number of esters is 1.